The average Bonchev–Trinajstić information content (AvgIpc) is 2.74. The van der Waals surface area contributed by atoms with Crippen LogP contribution < -0.4 is 0 Å². The van der Waals surface area contributed by atoms with Gasteiger partial charge >= 0.3 is 0 Å². The third-order valence-corrected chi connectivity index (χ3v) is 4.36. The Bertz CT molecular complexity index is 407. The smallest absolute Gasteiger partial charge is 0.0897 e. The van der Waals surface area contributed by atoms with E-state index in [2.05, 4.69) is 28.4 Å². The summed E-state index contributed by atoms with van der Waals surface area (Å²) in [7, 11) is 2.12. The summed E-state index contributed by atoms with van der Waals surface area (Å²) in [5, 5.41) is 12.4. The number of rotatable bonds is 3. The minimum atomic E-state index is 0.202. The summed E-state index contributed by atoms with van der Waals surface area (Å²) in [5.41, 5.74) is 1.14. The van der Waals surface area contributed by atoms with Gasteiger partial charge in [-0.2, -0.15) is 5.26 Å². The maximum Gasteiger partial charge on any atom is 0.0897 e. The Labute approximate surface area is 107 Å². The van der Waals surface area contributed by atoms with Crippen LogP contribution in [0, 0.1) is 24.2 Å². The molecule has 92 valence electrons. The van der Waals surface area contributed by atoms with E-state index >= 15 is 0 Å². The molecule has 0 aromatic carbocycles. The maximum atomic E-state index is 9.19. The SMILES string of the molecule is Cc1nc(CN(C)C2CCCCC2C#N)cs1. The van der Waals surface area contributed by atoms with Crippen molar-refractivity contribution in [3.8, 4) is 6.07 Å². The molecule has 2 rings (SSSR count). The summed E-state index contributed by atoms with van der Waals surface area (Å²) in [4.78, 5) is 6.80. The molecule has 2 atom stereocenters. The Hall–Kier alpha value is -0.920. The lowest BCUT2D eigenvalue weighted by atomic mass is 9.84. The lowest BCUT2D eigenvalue weighted by molar-refractivity contribution is 0.149. The van der Waals surface area contributed by atoms with Crippen LogP contribution in [0.3, 0.4) is 0 Å². The summed E-state index contributed by atoms with van der Waals surface area (Å²) in [6, 6.07) is 2.88. The third-order valence-electron chi connectivity index (χ3n) is 3.54. The van der Waals surface area contributed by atoms with E-state index in [0.29, 0.717) is 6.04 Å². The van der Waals surface area contributed by atoms with Crippen LogP contribution in [0.25, 0.3) is 0 Å². The fraction of sp³-hybridized carbons (Fsp3) is 0.692. The van der Waals surface area contributed by atoms with E-state index in [1.807, 2.05) is 6.92 Å². The molecule has 4 heteroatoms. The second-order valence-electron chi connectivity index (χ2n) is 4.86. The number of nitrogens with zero attached hydrogens (tertiary/aromatic N) is 3. The number of hydrogen-bond donors (Lipinski definition) is 0. The largest absolute Gasteiger partial charge is 0.296 e. The fourth-order valence-electron chi connectivity index (χ4n) is 2.64. The Morgan fingerprint density at radius 2 is 2.29 bits per heavy atom. The summed E-state index contributed by atoms with van der Waals surface area (Å²) in [5.74, 6) is 0.202. The molecular formula is C13H19N3S. The van der Waals surface area contributed by atoms with E-state index in [-0.39, 0.29) is 5.92 Å². The van der Waals surface area contributed by atoms with Crippen molar-refractivity contribution in [3.05, 3.63) is 16.1 Å². The number of aryl methyl sites for hydroxylation is 1. The van der Waals surface area contributed by atoms with E-state index in [9.17, 15) is 5.26 Å². The van der Waals surface area contributed by atoms with Gasteiger partial charge in [-0.15, -0.1) is 11.3 Å². The zero-order chi connectivity index (χ0) is 12.3. The van der Waals surface area contributed by atoms with Gasteiger partial charge in [0.2, 0.25) is 0 Å². The van der Waals surface area contributed by atoms with Gasteiger partial charge in [0.05, 0.1) is 22.7 Å². The van der Waals surface area contributed by atoms with Crippen LogP contribution in [0.4, 0.5) is 0 Å². The predicted octanol–water partition coefficient (Wildman–Crippen LogP) is 2.97. The molecule has 3 nitrogen and oxygen atoms in total. The minimum Gasteiger partial charge on any atom is -0.296 e. The van der Waals surface area contributed by atoms with Gasteiger partial charge in [-0.05, 0) is 26.8 Å². The highest BCUT2D eigenvalue weighted by molar-refractivity contribution is 7.09. The quantitative estimate of drug-likeness (QED) is 0.827. The highest BCUT2D eigenvalue weighted by Gasteiger charge is 2.28. The molecule has 1 heterocycles. The number of aromatic nitrogens is 1. The van der Waals surface area contributed by atoms with E-state index in [4.69, 9.17) is 0 Å². The van der Waals surface area contributed by atoms with E-state index in [1.165, 1.54) is 12.8 Å². The Morgan fingerprint density at radius 3 is 2.94 bits per heavy atom. The van der Waals surface area contributed by atoms with Gasteiger partial charge in [-0.1, -0.05) is 12.8 Å². The lowest BCUT2D eigenvalue weighted by Gasteiger charge is -2.34. The Balaban J connectivity index is 1.98. The van der Waals surface area contributed by atoms with Crippen LogP contribution in [0.5, 0.6) is 0 Å². The summed E-state index contributed by atoms with van der Waals surface area (Å²) < 4.78 is 0. The molecule has 1 fully saturated rings. The Morgan fingerprint density at radius 1 is 1.53 bits per heavy atom. The van der Waals surface area contributed by atoms with Crippen molar-refractivity contribution >= 4 is 11.3 Å². The molecule has 0 N–H and O–H groups in total. The molecule has 0 aliphatic heterocycles. The van der Waals surface area contributed by atoms with Gasteiger partial charge in [0.1, 0.15) is 0 Å². The van der Waals surface area contributed by atoms with Crippen molar-refractivity contribution in [2.24, 2.45) is 5.92 Å². The summed E-state index contributed by atoms with van der Waals surface area (Å²) in [6.45, 7) is 2.90. The van der Waals surface area contributed by atoms with Crippen LogP contribution >= 0.6 is 11.3 Å². The normalized spacial score (nSPS) is 24.8. The van der Waals surface area contributed by atoms with Gasteiger partial charge in [-0.25, -0.2) is 4.98 Å². The number of nitriles is 1. The molecule has 0 saturated heterocycles. The first-order valence-corrected chi connectivity index (χ1v) is 7.09. The third kappa shape index (κ3) is 3.05. The first-order chi connectivity index (χ1) is 8.20. The Kier molecular flexibility index (Phi) is 4.14. The molecule has 1 aliphatic carbocycles. The van der Waals surface area contributed by atoms with Crippen molar-refractivity contribution in [1.82, 2.24) is 9.88 Å². The standard InChI is InChI=1S/C13H19N3S/c1-10-15-12(9-17-10)8-16(2)13-6-4-3-5-11(13)7-14/h9,11,13H,3-6,8H2,1-2H3. The maximum absolute atomic E-state index is 9.19. The molecule has 2 unspecified atom stereocenters. The number of thiazole rings is 1. The van der Waals surface area contributed by atoms with Gasteiger partial charge < -0.3 is 0 Å². The van der Waals surface area contributed by atoms with Crippen molar-refractivity contribution in [2.75, 3.05) is 7.05 Å². The van der Waals surface area contributed by atoms with Gasteiger partial charge in [0.25, 0.3) is 0 Å². The van der Waals surface area contributed by atoms with Crippen LogP contribution in [-0.2, 0) is 6.54 Å². The van der Waals surface area contributed by atoms with Crippen LogP contribution in [0.1, 0.15) is 36.4 Å². The molecule has 0 amide bonds. The van der Waals surface area contributed by atoms with Crippen molar-refractivity contribution in [1.29, 1.82) is 5.26 Å². The molecule has 0 spiro atoms. The van der Waals surface area contributed by atoms with E-state index in [0.717, 1.165) is 30.1 Å². The highest BCUT2D eigenvalue weighted by atomic mass is 32.1. The summed E-state index contributed by atoms with van der Waals surface area (Å²) >= 11 is 1.70. The second kappa shape index (κ2) is 5.61. The van der Waals surface area contributed by atoms with Crippen molar-refractivity contribution < 1.29 is 0 Å². The molecule has 1 saturated carbocycles. The topological polar surface area (TPSA) is 39.9 Å². The molecule has 0 bridgehead atoms. The molecule has 1 aliphatic rings. The predicted molar refractivity (Wildman–Crippen MR) is 69.7 cm³/mol. The van der Waals surface area contributed by atoms with Gasteiger partial charge in [0.15, 0.2) is 0 Å². The zero-order valence-electron chi connectivity index (χ0n) is 10.5. The highest BCUT2D eigenvalue weighted by Crippen LogP contribution is 2.28. The van der Waals surface area contributed by atoms with Crippen LogP contribution in [0.15, 0.2) is 5.38 Å². The van der Waals surface area contributed by atoms with Crippen molar-refractivity contribution in [3.63, 3.8) is 0 Å². The molecule has 1 aromatic rings. The minimum absolute atomic E-state index is 0.202. The van der Waals surface area contributed by atoms with Gasteiger partial charge in [0, 0.05) is 18.0 Å². The van der Waals surface area contributed by atoms with E-state index < -0.39 is 0 Å². The van der Waals surface area contributed by atoms with Crippen LogP contribution in [0.2, 0.25) is 0 Å². The van der Waals surface area contributed by atoms with Crippen molar-refractivity contribution in [2.45, 2.75) is 45.2 Å². The molecule has 0 radical (unpaired) electrons. The monoisotopic (exact) mass is 249 g/mol. The summed E-state index contributed by atoms with van der Waals surface area (Å²) in [6.07, 6.45) is 4.67. The second-order valence-corrected chi connectivity index (χ2v) is 5.92. The zero-order valence-corrected chi connectivity index (χ0v) is 11.3. The lowest BCUT2D eigenvalue weighted by Crippen LogP contribution is -2.39. The van der Waals surface area contributed by atoms with Gasteiger partial charge in [-0.3, -0.25) is 4.90 Å². The van der Waals surface area contributed by atoms with E-state index in [1.54, 1.807) is 11.3 Å². The molecular weight excluding hydrogens is 230 g/mol. The number of hydrogen-bond acceptors (Lipinski definition) is 4. The molecule has 17 heavy (non-hydrogen) atoms. The first kappa shape index (κ1) is 12.5. The first-order valence-electron chi connectivity index (χ1n) is 6.21. The fourth-order valence-corrected chi connectivity index (χ4v) is 3.25. The molecule has 1 aromatic heterocycles. The average molecular weight is 249 g/mol. The van der Waals surface area contributed by atoms with Crippen LogP contribution in [-0.4, -0.2) is 23.0 Å².